The topological polar surface area (TPSA) is 132 Å². The van der Waals surface area contributed by atoms with Gasteiger partial charge in [-0.15, -0.1) is 0 Å². The average molecular weight is 417 g/mol. The molecule has 0 unspecified atom stereocenters. The van der Waals surface area contributed by atoms with Crippen LogP contribution in [0.3, 0.4) is 0 Å². The molecule has 3 aromatic rings. The lowest BCUT2D eigenvalue weighted by molar-refractivity contribution is -0.123. The van der Waals surface area contributed by atoms with Gasteiger partial charge >= 0.3 is 12.0 Å². The third kappa shape index (κ3) is 4.23. The predicted octanol–water partition coefficient (Wildman–Crippen LogP) is 2.78. The number of ether oxygens (including phenoxy) is 1. The van der Waals surface area contributed by atoms with E-state index in [0.29, 0.717) is 35.0 Å². The van der Waals surface area contributed by atoms with E-state index in [0.717, 1.165) is 16.7 Å². The number of allylic oxidation sites excluding steroid dienone is 1. The molecule has 4 N–H and O–H groups in total. The molecule has 0 fully saturated rings. The lowest BCUT2D eigenvalue weighted by Gasteiger charge is -2.12. The summed E-state index contributed by atoms with van der Waals surface area (Å²) in [5, 5.41) is 12.0. The first kappa shape index (κ1) is 20.1. The molecule has 1 aliphatic carbocycles. The summed E-state index contributed by atoms with van der Waals surface area (Å²) in [5.41, 5.74) is 9.23. The molecule has 0 aliphatic heterocycles. The van der Waals surface area contributed by atoms with E-state index < -0.39 is 24.5 Å². The van der Waals surface area contributed by atoms with Crippen molar-refractivity contribution in [2.45, 2.75) is 12.8 Å². The van der Waals surface area contributed by atoms with Gasteiger partial charge in [-0.2, -0.15) is 0 Å². The highest BCUT2D eigenvalue weighted by atomic mass is 16.5. The number of phenolic OH excluding ortho intramolecular Hbond substituents is 1. The van der Waals surface area contributed by atoms with Gasteiger partial charge in [0.2, 0.25) is 0 Å². The number of benzene rings is 2. The molecule has 8 nitrogen and oxygen atoms in total. The van der Waals surface area contributed by atoms with E-state index >= 15 is 0 Å². The quantitative estimate of drug-likeness (QED) is 0.559. The van der Waals surface area contributed by atoms with Crippen LogP contribution in [0.4, 0.5) is 4.79 Å². The summed E-state index contributed by atoms with van der Waals surface area (Å²) >= 11 is 0. The number of nitrogens with zero attached hydrogens (tertiary/aromatic N) is 1. The number of phenols is 1. The summed E-state index contributed by atoms with van der Waals surface area (Å²) in [5.74, 6) is -1.28. The second-order valence-corrected chi connectivity index (χ2v) is 7.08. The van der Waals surface area contributed by atoms with Gasteiger partial charge in [-0.1, -0.05) is 30.3 Å². The molecule has 0 spiro atoms. The number of esters is 1. The van der Waals surface area contributed by atoms with Gasteiger partial charge in [-0.05, 0) is 53.8 Å². The Morgan fingerprint density at radius 1 is 1.10 bits per heavy atom. The first-order chi connectivity index (χ1) is 14.9. The zero-order valence-electron chi connectivity index (χ0n) is 16.4. The minimum atomic E-state index is -1.01. The highest BCUT2D eigenvalue weighted by molar-refractivity contribution is 6.08. The zero-order chi connectivity index (χ0) is 22.0. The van der Waals surface area contributed by atoms with Gasteiger partial charge in [0.25, 0.3) is 5.91 Å². The van der Waals surface area contributed by atoms with Crippen LogP contribution in [0.25, 0.3) is 22.6 Å². The third-order valence-corrected chi connectivity index (χ3v) is 4.98. The Bertz CT molecular complexity index is 1230. The maximum absolute atomic E-state index is 12.9. The Labute approximate surface area is 177 Å². The second-order valence-electron chi connectivity index (χ2n) is 7.08. The molecule has 2 aromatic carbocycles. The number of para-hydroxylation sites is 1. The van der Waals surface area contributed by atoms with Crippen molar-refractivity contribution < 1.29 is 24.2 Å². The Morgan fingerprint density at radius 3 is 2.58 bits per heavy atom. The number of hydrogen-bond donors (Lipinski definition) is 3. The summed E-state index contributed by atoms with van der Waals surface area (Å²) in [6.07, 6.45) is 3.25. The normalized spacial score (nSPS) is 13.7. The monoisotopic (exact) mass is 417 g/mol. The molecular weight excluding hydrogens is 398 g/mol. The molecule has 8 heteroatoms. The maximum atomic E-state index is 12.9. The van der Waals surface area contributed by atoms with Crippen LogP contribution in [0.5, 0.6) is 5.75 Å². The Kier molecular flexibility index (Phi) is 5.36. The third-order valence-electron chi connectivity index (χ3n) is 4.98. The number of fused-ring (bicyclic) bond motifs is 2. The van der Waals surface area contributed by atoms with Crippen LogP contribution >= 0.6 is 0 Å². The minimum Gasteiger partial charge on any atom is -0.508 e. The fourth-order valence-electron chi connectivity index (χ4n) is 3.66. The van der Waals surface area contributed by atoms with Crippen LogP contribution in [-0.4, -0.2) is 34.6 Å². The van der Waals surface area contributed by atoms with Gasteiger partial charge in [0.15, 0.2) is 6.61 Å². The fourth-order valence-corrected chi connectivity index (χ4v) is 3.66. The van der Waals surface area contributed by atoms with Gasteiger partial charge < -0.3 is 15.6 Å². The number of imide groups is 1. The van der Waals surface area contributed by atoms with Crippen LogP contribution in [0.15, 0.2) is 48.5 Å². The largest absolute Gasteiger partial charge is 0.508 e. The summed E-state index contributed by atoms with van der Waals surface area (Å²) in [6.45, 7) is -0.622. The van der Waals surface area contributed by atoms with Crippen molar-refractivity contribution in [1.29, 1.82) is 0 Å². The number of nitrogens with one attached hydrogen (secondary N) is 1. The van der Waals surface area contributed by atoms with E-state index in [2.05, 4.69) is 0 Å². The number of nitrogens with two attached hydrogens (primary N) is 1. The SMILES string of the molecule is NC(=O)NC(=O)COC(=O)c1c2c(nc3ccccc13)/C(=C/c1ccc(O)cc1)CC2. The number of primary amides is 1. The number of carbonyl (C=O) groups excluding carboxylic acids is 3. The highest BCUT2D eigenvalue weighted by Crippen LogP contribution is 2.37. The Balaban J connectivity index is 1.73. The van der Waals surface area contributed by atoms with E-state index in [1.807, 2.05) is 23.5 Å². The van der Waals surface area contributed by atoms with Gasteiger partial charge in [-0.25, -0.2) is 14.6 Å². The molecule has 3 amide bonds. The number of urea groups is 1. The number of aromatic nitrogens is 1. The Hall–Kier alpha value is -4.20. The van der Waals surface area contributed by atoms with Crippen molar-refractivity contribution in [2.75, 3.05) is 6.61 Å². The summed E-state index contributed by atoms with van der Waals surface area (Å²) in [7, 11) is 0. The Morgan fingerprint density at radius 2 is 1.84 bits per heavy atom. The number of carbonyl (C=O) groups is 3. The van der Waals surface area contributed by atoms with Gasteiger partial charge in [0.1, 0.15) is 5.75 Å². The molecule has 156 valence electrons. The molecule has 31 heavy (non-hydrogen) atoms. The van der Waals surface area contributed by atoms with E-state index in [4.69, 9.17) is 15.5 Å². The maximum Gasteiger partial charge on any atom is 0.339 e. The molecule has 4 rings (SSSR count). The average Bonchev–Trinajstić information content (AvgIpc) is 3.13. The number of aromatic hydroxyl groups is 1. The van der Waals surface area contributed by atoms with Gasteiger partial charge in [-0.3, -0.25) is 10.1 Å². The molecule has 1 heterocycles. The summed E-state index contributed by atoms with van der Waals surface area (Å²) in [6, 6.07) is 13.0. The molecule has 1 aromatic heterocycles. The number of hydrogen-bond acceptors (Lipinski definition) is 6. The lowest BCUT2D eigenvalue weighted by atomic mass is 10.0. The molecule has 1 aliphatic rings. The first-order valence-electron chi connectivity index (χ1n) is 9.60. The number of amides is 3. The fraction of sp³-hybridized carbons (Fsp3) is 0.130. The van der Waals surface area contributed by atoms with Crippen molar-refractivity contribution in [2.24, 2.45) is 5.73 Å². The van der Waals surface area contributed by atoms with Crippen LogP contribution in [0.1, 0.15) is 33.6 Å². The van der Waals surface area contributed by atoms with E-state index in [9.17, 15) is 19.5 Å². The summed E-state index contributed by atoms with van der Waals surface area (Å²) < 4.78 is 5.16. The second kappa shape index (κ2) is 8.27. The van der Waals surface area contributed by atoms with Crippen LogP contribution < -0.4 is 11.1 Å². The van der Waals surface area contributed by atoms with E-state index in [1.54, 1.807) is 36.4 Å². The zero-order valence-corrected chi connectivity index (χ0v) is 16.4. The van der Waals surface area contributed by atoms with Crippen molar-refractivity contribution in [3.05, 3.63) is 70.9 Å². The van der Waals surface area contributed by atoms with Crippen molar-refractivity contribution in [1.82, 2.24) is 10.3 Å². The van der Waals surface area contributed by atoms with Crippen molar-refractivity contribution >= 4 is 40.5 Å². The van der Waals surface area contributed by atoms with Gasteiger partial charge in [0, 0.05) is 5.39 Å². The molecule has 0 bridgehead atoms. The van der Waals surface area contributed by atoms with Gasteiger partial charge in [0.05, 0.1) is 16.8 Å². The highest BCUT2D eigenvalue weighted by Gasteiger charge is 2.28. The predicted molar refractivity (Wildman–Crippen MR) is 114 cm³/mol. The number of pyridine rings is 1. The molecule has 0 atom stereocenters. The van der Waals surface area contributed by atoms with Crippen LogP contribution in [0, 0.1) is 0 Å². The number of rotatable bonds is 4. The first-order valence-corrected chi connectivity index (χ1v) is 9.60. The van der Waals surface area contributed by atoms with Crippen molar-refractivity contribution in [3.8, 4) is 5.75 Å². The minimum absolute atomic E-state index is 0.184. The molecule has 0 radical (unpaired) electrons. The molecular formula is C23H19N3O5. The van der Waals surface area contributed by atoms with Crippen LogP contribution in [-0.2, 0) is 16.0 Å². The molecule has 0 saturated carbocycles. The smallest absolute Gasteiger partial charge is 0.339 e. The summed E-state index contributed by atoms with van der Waals surface area (Å²) in [4.78, 5) is 40.1. The van der Waals surface area contributed by atoms with E-state index in [1.165, 1.54) is 0 Å². The molecule has 0 saturated heterocycles. The van der Waals surface area contributed by atoms with E-state index in [-0.39, 0.29) is 5.75 Å². The lowest BCUT2D eigenvalue weighted by Crippen LogP contribution is -2.37. The van der Waals surface area contributed by atoms with Crippen LogP contribution in [0.2, 0.25) is 0 Å². The standard InChI is InChI=1S/C23H19N3O5/c24-23(30)26-19(28)12-31-22(29)20-16-3-1-2-4-18(16)25-21-14(7-10-17(20)21)11-13-5-8-15(27)9-6-13/h1-6,8-9,11,27H,7,10,12H2,(H3,24,26,28,30)/b14-11+. The van der Waals surface area contributed by atoms with Crippen molar-refractivity contribution in [3.63, 3.8) is 0 Å².